The average molecular weight is 467 g/mol. The van der Waals surface area contributed by atoms with Crippen molar-refractivity contribution in [1.82, 2.24) is 20.1 Å². The Kier molecular flexibility index (Phi) is 8.77. The molecule has 34 heavy (non-hydrogen) atoms. The van der Waals surface area contributed by atoms with Gasteiger partial charge in [0, 0.05) is 50.2 Å². The Hall–Kier alpha value is -2.64. The fraction of sp³-hybridized carbons (Fsp3) is 0.556. The number of pyridine rings is 1. The zero-order valence-corrected chi connectivity index (χ0v) is 20.5. The summed E-state index contributed by atoms with van der Waals surface area (Å²) in [4.78, 5) is 22.4. The second kappa shape index (κ2) is 12.2. The maximum Gasteiger partial charge on any atom is 0.224 e. The molecule has 7 heteroatoms. The number of ether oxygens (including phenoxy) is 2. The number of carbonyl (C=O) groups excluding carboxylic acids is 1. The zero-order chi connectivity index (χ0) is 23.8. The first-order valence-corrected chi connectivity index (χ1v) is 12.5. The van der Waals surface area contributed by atoms with Crippen molar-refractivity contribution in [1.29, 1.82) is 0 Å². The summed E-state index contributed by atoms with van der Waals surface area (Å²) >= 11 is 0. The molecule has 2 saturated heterocycles. The number of amides is 1. The van der Waals surface area contributed by atoms with Gasteiger partial charge in [0.25, 0.3) is 0 Å². The van der Waals surface area contributed by atoms with Gasteiger partial charge < -0.3 is 14.8 Å². The molecule has 0 radical (unpaired) electrons. The van der Waals surface area contributed by atoms with Gasteiger partial charge in [0.15, 0.2) is 11.5 Å². The Bertz CT molecular complexity index is 923. The van der Waals surface area contributed by atoms with E-state index in [1.54, 1.807) is 14.2 Å². The van der Waals surface area contributed by atoms with E-state index in [0.29, 0.717) is 0 Å². The summed E-state index contributed by atoms with van der Waals surface area (Å²) in [5.74, 6) is 1.76. The van der Waals surface area contributed by atoms with Crippen molar-refractivity contribution in [2.75, 3.05) is 40.4 Å². The normalized spacial score (nSPS) is 22.8. The fourth-order valence-corrected chi connectivity index (χ4v) is 5.36. The minimum Gasteiger partial charge on any atom is -0.493 e. The van der Waals surface area contributed by atoms with E-state index in [2.05, 4.69) is 38.3 Å². The standard InChI is InChI=1S/C27H38N4O3/c1-33-25-9-7-8-22(26(25)34-2)19-30-17-12-23-24(20-30)31(18-21-10-14-28-15-11-21)16-6-4-3-5-13-29-27(23)32/h7-11,14-15,23-24H,3-6,12-13,16-20H2,1-2H3,(H,29,32)/t23-,24+/m0/s1. The highest BCUT2D eigenvalue weighted by atomic mass is 16.5. The number of methoxy groups -OCH3 is 2. The van der Waals surface area contributed by atoms with Crippen LogP contribution in [0.5, 0.6) is 11.5 Å². The van der Waals surface area contributed by atoms with E-state index in [0.717, 1.165) is 75.6 Å². The van der Waals surface area contributed by atoms with Gasteiger partial charge in [0.1, 0.15) is 0 Å². The molecule has 0 aliphatic carbocycles. The molecule has 4 rings (SSSR count). The molecule has 2 aromatic rings. The molecule has 7 nitrogen and oxygen atoms in total. The van der Waals surface area contributed by atoms with Gasteiger partial charge in [0.05, 0.1) is 20.1 Å². The molecule has 1 aromatic carbocycles. The topological polar surface area (TPSA) is 66.9 Å². The third-order valence-corrected chi connectivity index (χ3v) is 7.16. The number of nitrogens with zero attached hydrogens (tertiary/aromatic N) is 3. The van der Waals surface area contributed by atoms with Crippen LogP contribution in [0.15, 0.2) is 42.7 Å². The Morgan fingerprint density at radius 1 is 1.00 bits per heavy atom. The molecule has 2 fully saturated rings. The highest BCUT2D eigenvalue weighted by molar-refractivity contribution is 5.79. The summed E-state index contributed by atoms with van der Waals surface area (Å²) in [6.07, 6.45) is 9.16. The molecular weight excluding hydrogens is 428 g/mol. The molecule has 0 saturated carbocycles. The summed E-state index contributed by atoms with van der Waals surface area (Å²) in [5, 5.41) is 3.23. The fourth-order valence-electron chi connectivity index (χ4n) is 5.36. The lowest BCUT2D eigenvalue weighted by Crippen LogP contribution is -2.56. The number of rotatable bonds is 6. The van der Waals surface area contributed by atoms with Crippen molar-refractivity contribution in [3.05, 3.63) is 53.9 Å². The quantitative estimate of drug-likeness (QED) is 0.703. The minimum atomic E-state index is 0.00314. The number of para-hydroxylation sites is 1. The molecule has 2 aliphatic rings. The smallest absolute Gasteiger partial charge is 0.224 e. The lowest BCUT2D eigenvalue weighted by molar-refractivity contribution is -0.129. The van der Waals surface area contributed by atoms with Gasteiger partial charge in [-0.3, -0.25) is 19.6 Å². The Morgan fingerprint density at radius 3 is 2.62 bits per heavy atom. The summed E-state index contributed by atoms with van der Waals surface area (Å²) in [5.41, 5.74) is 2.36. The molecule has 0 spiro atoms. The molecule has 1 N–H and O–H groups in total. The predicted molar refractivity (Wildman–Crippen MR) is 133 cm³/mol. The third-order valence-electron chi connectivity index (χ3n) is 7.16. The molecule has 1 amide bonds. The lowest BCUT2D eigenvalue weighted by Gasteiger charge is -2.44. The Morgan fingerprint density at radius 2 is 1.82 bits per heavy atom. The van der Waals surface area contributed by atoms with Crippen LogP contribution in [0, 0.1) is 5.92 Å². The summed E-state index contributed by atoms with van der Waals surface area (Å²) < 4.78 is 11.2. The average Bonchev–Trinajstić information content (AvgIpc) is 2.90. The number of hydrogen-bond donors (Lipinski definition) is 1. The highest BCUT2D eigenvalue weighted by Gasteiger charge is 2.38. The molecular formula is C27H38N4O3. The van der Waals surface area contributed by atoms with Gasteiger partial charge in [-0.2, -0.15) is 0 Å². The summed E-state index contributed by atoms with van der Waals surface area (Å²) in [6.45, 7) is 5.15. The second-order valence-corrected chi connectivity index (χ2v) is 9.38. The Balaban J connectivity index is 1.57. The number of piperidine rings is 1. The number of hydrogen-bond acceptors (Lipinski definition) is 6. The maximum atomic E-state index is 13.2. The number of fused-ring (bicyclic) bond motifs is 1. The molecule has 184 valence electrons. The van der Waals surface area contributed by atoms with Gasteiger partial charge in [-0.1, -0.05) is 25.0 Å². The molecule has 2 aliphatic heterocycles. The lowest BCUT2D eigenvalue weighted by atomic mass is 9.88. The van der Waals surface area contributed by atoms with Crippen molar-refractivity contribution in [3.8, 4) is 11.5 Å². The molecule has 1 aromatic heterocycles. The monoisotopic (exact) mass is 466 g/mol. The minimum absolute atomic E-state index is 0.00314. The van der Waals surface area contributed by atoms with Crippen molar-refractivity contribution in [3.63, 3.8) is 0 Å². The SMILES string of the molecule is COc1cccc(CN2CC[C@@H]3C(=O)NCCCCCCN(Cc4ccncc4)[C@@H]3C2)c1OC. The second-order valence-electron chi connectivity index (χ2n) is 9.38. The third kappa shape index (κ3) is 6.07. The van der Waals surface area contributed by atoms with E-state index >= 15 is 0 Å². The van der Waals surface area contributed by atoms with E-state index in [1.165, 1.54) is 18.4 Å². The van der Waals surface area contributed by atoms with Crippen LogP contribution >= 0.6 is 0 Å². The van der Waals surface area contributed by atoms with Gasteiger partial charge in [0.2, 0.25) is 5.91 Å². The van der Waals surface area contributed by atoms with Gasteiger partial charge >= 0.3 is 0 Å². The van der Waals surface area contributed by atoms with E-state index in [-0.39, 0.29) is 17.9 Å². The van der Waals surface area contributed by atoms with E-state index in [1.807, 2.05) is 24.5 Å². The predicted octanol–water partition coefficient (Wildman–Crippen LogP) is 3.48. The number of likely N-dealkylation sites (tertiary alicyclic amines) is 1. The van der Waals surface area contributed by atoms with Crippen molar-refractivity contribution < 1.29 is 14.3 Å². The van der Waals surface area contributed by atoms with Crippen molar-refractivity contribution in [2.45, 2.75) is 51.2 Å². The first-order valence-electron chi connectivity index (χ1n) is 12.5. The van der Waals surface area contributed by atoms with Crippen molar-refractivity contribution in [2.24, 2.45) is 5.92 Å². The molecule has 3 heterocycles. The zero-order valence-electron chi connectivity index (χ0n) is 20.5. The van der Waals surface area contributed by atoms with Crippen LogP contribution < -0.4 is 14.8 Å². The van der Waals surface area contributed by atoms with Gasteiger partial charge in [-0.05, 0) is 56.1 Å². The van der Waals surface area contributed by atoms with Gasteiger partial charge in [-0.15, -0.1) is 0 Å². The molecule has 0 bridgehead atoms. The van der Waals surface area contributed by atoms with E-state index < -0.39 is 0 Å². The van der Waals surface area contributed by atoms with Crippen LogP contribution in [-0.4, -0.2) is 67.1 Å². The van der Waals surface area contributed by atoms with E-state index in [4.69, 9.17) is 9.47 Å². The summed E-state index contributed by atoms with van der Waals surface area (Å²) in [7, 11) is 3.37. The number of carbonyl (C=O) groups is 1. The van der Waals surface area contributed by atoms with Crippen LogP contribution in [0.1, 0.15) is 43.2 Å². The highest BCUT2D eigenvalue weighted by Crippen LogP contribution is 2.33. The first-order chi connectivity index (χ1) is 16.7. The van der Waals surface area contributed by atoms with Crippen LogP contribution in [0.25, 0.3) is 0 Å². The number of aromatic nitrogens is 1. The molecule has 2 atom stereocenters. The van der Waals surface area contributed by atoms with Crippen molar-refractivity contribution >= 4 is 5.91 Å². The molecule has 0 unspecified atom stereocenters. The van der Waals surface area contributed by atoms with Crippen LogP contribution in [0.2, 0.25) is 0 Å². The number of benzene rings is 1. The number of nitrogens with one attached hydrogen (secondary N) is 1. The largest absolute Gasteiger partial charge is 0.493 e. The van der Waals surface area contributed by atoms with Gasteiger partial charge in [-0.25, -0.2) is 0 Å². The summed E-state index contributed by atoms with van der Waals surface area (Å²) in [6, 6.07) is 10.4. The Labute approximate surface area is 203 Å². The maximum absolute atomic E-state index is 13.2. The van der Waals surface area contributed by atoms with Crippen LogP contribution in [0.4, 0.5) is 0 Å². The first kappa shape index (κ1) is 24.5. The van der Waals surface area contributed by atoms with Crippen LogP contribution in [-0.2, 0) is 17.9 Å². The van der Waals surface area contributed by atoms with E-state index in [9.17, 15) is 4.79 Å². The van der Waals surface area contributed by atoms with Crippen LogP contribution in [0.3, 0.4) is 0 Å².